The first-order chi connectivity index (χ1) is 4.33. The Morgan fingerprint density at radius 2 is 2.22 bits per heavy atom. The highest BCUT2D eigenvalue weighted by atomic mass is 15.0. The van der Waals surface area contributed by atoms with Crippen LogP contribution in [0.25, 0.3) is 5.32 Å². The van der Waals surface area contributed by atoms with Gasteiger partial charge in [0.15, 0.2) is 0 Å². The van der Waals surface area contributed by atoms with Crippen LogP contribution in [0.4, 0.5) is 5.82 Å². The molecule has 0 amide bonds. The topological polar surface area (TPSA) is 27.0 Å². The van der Waals surface area contributed by atoms with Crippen molar-refractivity contribution in [2.24, 2.45) is 0 Å². The number of rotatable bonds is 1. The molecule has 0 spiro atoms. The maximum atomic E-state index is 4.12. The van der Waals surface area contributed by atoms with Gasteiger partial charge in [-0.15, -0.1) is 0 Å². The standard InChI is InChI=1S/C7H9N2/c1-6-4-3-5-7(8-2)9-6/h3-5H,1-2H3/q-1. The molecule has 2 heteroatoms. The van der Waals surface area contributed by atoms with Gasteiger partial charge in [-0.3, -0.25) is 0 Å². The van der Waals surface area contributed by atoms with Crippen molar-refractivity contribution in [2.45, 2.75) is 6.92 Å². The molecule has 1 rings (SSSR count). The third-order valence-corrected chi connectivity index (χ3v) is 1.10. The van der Waals surface area contributed by atoms with Crippen LogP contribution in [0, 0.1) is 6.92 Å². The Morgan fingerprint density at radius 1 is 1.44 bits per heavy atom. The van der Waals surface area contributed by atoms with Gasteiger partial charge in [0.1, 0.15) is 0 Å². The molecule has 0 saturated carbocycles. The van der Waals surface area contributed by atoms with Gasteiger partial charge in [0, 0.05) is 0 Å². The molecular formula is C7H9N2-. The van der Waals surface area contributed by atoms with E-state index in [1.54, 1.807) is 7.05 Å². The Balaban J connectivity index is 2.94. The molecule has 9 heavy (non-hydrogen) atoms. The van der Waals surface area contributed by atoms with Crippen molar-refractivity contribution in [1.82, 2.24) is 4.98 Å². The first-order valence-electron chi connectivity index (χ1n) is 2.86. The highest BCUT2D eigenvalue weighted by Crippen LogP contribution is 2.10. The molecule has 0 aliphatic heterocycles. The van der Waals surface area contributed by atoms with Gasteiger partial charge < -0.3 is 10.3 Å². The second-order valence-corrected chi connectivity index (χ2v) is 1.86. The molecule has 0 N–H and O–H groups in total. The molecule has 2 nitrogen and oxygen atoms in total. The first-order valence-corrected chi connectivity index (χ1v) is 2.86. The summed E-state index contributed by atoms with van der Waals surface area (Å²) in [6.07, 6.45) is 0. The minimum atomic E-state index is 0.801. The molecule has 0 unspecified atom stereocenters. The summed E-state index contributed by atoms with van der Waals surface area (Å²) < 4.78 is 0. The largest absolute Gasteiger partial charge is 0.469 e. The zero-order chi connectivity index (χ0) is 6.69. The lowest BCUT2D eigenvalue weighted by molar-refractivity contribution is 1.21. The SMILES string of the molecule is C[N-]c1cccc(C)n1. The minimum Gasteiger partial charge on any atom is -0.469 e. The van der Waals surface area contributed by atoms with Gasteiger partial charge in [-0.2, -0.15) is 0 Å². The molecule has 1 heterocycles. The van der Waals surface area contributed by atoms with Crippen LogP contribution in [0.2, 0.25) is 0 Å². The minimum absolute atomic E-state index is 0.801. The maximum absolute atomic E-state index is 4.12. The monoisotopic (exact) mass is 121 g/mol. The van der Waals surface area contributed by atoms with Crippen LogP contribution in [0.5, 0.6) is 0 Å². The summed E-state index contributed by atoms with van der Waals surface area (Å²) in [6, 6.07) is 5.78. The number of hydrogen-bond donors (Lipinski definition) is 0. The number of hydrogen-bond acceptors (Lipinski definition) is 1. The van der Waals surface area contributed by atoms with E-state index in [4.69, 9.17) is 0 Å². The van der Waals surface area contributed by atoms with Gasteiger partial charge >= 0.3 is 0 Å². The molecule has 1 aromatic heterocycles. The van der Waals surface area contributed by atoms with Gasteiger partial charge in [-0.25, -0.2) is 0 Å². The summed E-state index contributed by atoms with van der Waals surface area (Å²) in [6.45, 7) is 1.95. The molecule has 0 aliphatic rings. The fraction of sp³-hybridized carbons (Fsp3) is 0.286. The van der Waals surface area contributed by atoms with Crippen LogP contribution in [-0.2, 0) is 0 Å². The zero-order valence-electron chi connectivity index (χ0n) is 5.63. The highest BCUT2D eigenvalue weighted by Gasteiger charge is 1.75. The zero-order valence-corrected chi connectivity index (χ0v) is 5.63. The molecule has 48 valence electrons. The van der Waals surface area contributed by atoms with E-state index in [0.717, 1.165) is 11.5 Å². The molecule has 0 saturated heterocycles. The second kappa shape index (κ2) is 2.49. The Morgan fingerprint density at radius 3 is 2.67 bits per heavy atom. The van der Waals surface area contributed by atoms with Crippen molar-refractivity contribution in [1.29, 1.82) is 0 Å². The summed E-state index contributed by atoms with van der Waals surface area (Å²) in [4.78, 5) is 4.12. The Bertz CT molecular complexity index is 196. The number of pyridine rings is 1. The van der Waals surface area contributed by atoms with Crippen LogP contribution in [-0.4, -0.2) is 12.0 Å². The second-order valence-electron chi connectivity index (χ2n) is 1.86. The van der Waals surface area contributed by atoms with Crippen molar-refractivity contribution in [2.75, 3.05) is 7.05 Å². The average Bonchev–Trinajstić information content (AvgIpc) is 1.88. The van der Waals surface area contributed by atoms with Crippen LogP contribution < -0.4 is 0 Å². The van der Waals surface area contributed by atoms with Crippen molar-refractivity contribution in [3.63, 3.8) is 0 Å². The predicted octanol–water partition coefficient (Wildman–Crippen LogP) is 2.03. The average molecular weight is 121 g/mol. The Labute approximate surface area is 54.9 Å². The summed E-state index contributed by atoms with van der Waals surface area (Å²) in [5.74, 6) is 0.801. The van der Waals surface area contributed by atoms with Gasteiger partial charge in [-0.1, -0.05) is 36.8 Å². The molecule has 0 atom stereocenters. The van der Waals surface area contributed by atoms with Gasteiger partial charge in [0.2, 0.25) is 0 Å². The van der Waals surface area contributed by atoms with Crippen molar-refractivity contribution < 1.29 is 0 Å². The third-order valence-electron chi connectivity index (χ3n) is 1.10. The van der Waals surface area contributed by atoms with E-state index in [0.29, 0.717) is 0 Å². The molecule has 0 bridgehead atoms. The Kier molecular flexibility index (Phi) is 1.68. The molecule has 0 fully saturated rings. The summed E-state index contributed by atoms with van der Waals surface area (Å²) >= 11 is 0. The molecule has 0 aliphatic carbocycles. The van der Waals surface area contributed by atoms with E-state index in [9.17, 15) is 0 Å². The molecule has 1 aromatic rings. The fourth-order valence-corrected chi connectivity index (χ4v) is 0.653. The summed E-state index contributed by atoms with van der Waals surface area (Å²) in [5.41, 5.74) is 1.01. The molecule has 0 aromatic carbocycles. The molecule has 0 radical (unpaired) electrons. The van der Waals surface area contributed by atoms with Crippen LogP contribution in [0.15, 0.2) is 18.2 Å². The lowest BCUT2D eigenvalue weighted by Gasteiger charge is -2.09. The summed E-state index contributed by atoms with van der Waals surface area (Å²) in [5, 5.41) is 3.92. The van der Waals surface area contributed by atoms with Crippen molar-refractivity contribution in [3.8, 4) is 0 Å². The van der Waals surface area contributed by atoms with Crippen molar-refractivity contribution in [3.05, 3.63) is 29.2 Å². The maximum Gasteiger partial charge on any atom is -0.0437 e. The van der Waals surface area contributed by atoms with E-state index < -0.39 is 0 Å². The smallest absolute Gasteiger partial charge is 0.0437 e. The predicted molar refractivity (Wildman–Crippen MR) is 37.9 cm³/mol. The fourth-order valence-electron chi connectivity index (χ4n) is 0.653. The van der Waals surface area contributed by atoms with E-state index in [1.807, 2.05) is 25.1 Å². The number of nitrogens with zero attached hydrogens (tertiary/aromatic N) is 2. The van der Waals surface area contributed by atoms with Crippen LogP contribution in [0.3, 0.4) is 0 Å². The Hall–Kier alpha value is -1.05. The first kappa shape index (κ1) is 6.08. The lowest BCUT2D eigenvalue weighted by Crippen LogP contribution is -1.78. The van der Waals surface area contributed by atoms with E-state index in [1.165, 1.54) is 0 Å². The summed E-state index contributed by atoms with van der Waals surface area (Å²) in [7, 11) is 1.74. The van der Waals surface area contributed by atoms with Crippen LogP contribution >= 0.6 is 0 Å². The normalized spacial score (nSPS) is 9.11. The van der Waals surface area contributed by atoms with E-state index in [2.05, 4.69) is 10.3 Å². The van der Waals surface area contributed by atoms with Gasteiger partial charge in [0.05, 0.1) is 0 Å². The molecular weight excluding hydrogens is 112 g/mol. The van der Waals surface area contributed by atoms with E-state index in [-0.39, 0.29) is 0 Å². The van der Waals surface area contributed by atoms with Gasteiger partial charge in [0.25, 0.3) is 0 Å². The van der Waals surface area contributed by atoms with Crippen molar-refractivity contribution >= 4 is 5.82 Å². The highest BCUT2D eigenvalue weighted by molar-refractivity contribution is 5.39. The quantitative estimate of drug-likeness (QED) is 0.558. The lowest BCUT2D eigenvalue weighted by atomic mass is 10.4. The van der Waals surface area contributed by atoms with Crippen LogP contribution in [0.1, 0.15) is 5.69 Å². The third kappa shape index (κ3) is 1.42. The number of aromatic nitrogens is 1. The van der Waals surface area contributed by atoms with E-state index >= 15 is 0 Å². The van der Waals surface area contributed by atoms with Gasteiger partial charge in [-0.05, 0) is 6.92 Å². The number of aryl methyl sites for hydroxylation is 1.